The summed E-state index contributed by atoms with van der Waals surface area (Å²) in [5.74, 6) is 1.04. The van der Waals surface area contributed by atoms with Crippen LogP contribution >= 0.6 is 0 Å². The summed E-state index contributed by atoms with van der Waals surface area (Å²) in [5.41, 5.74) is 6.41. The lowest BCUT2D eigenvalue weighted by Crippen LogP contribution is -2.40. The minimum Gasteiger partial charge on any atom is -0.492 e. The van der Waals surface area contributed by atoms with E-state index in [9.17, 15) is 8.42 Å². The van der Waals surface area contributed by atoms with Crippen LogP contribution in [-0.2, 0) is 10.0 Å². The van der Waals surface area contributed by atoms with E-state index in [0.717, 1.165) is 19.1 Å². The SMILES string of the molecule is CS(=O)(=O)Nc1cccc(OCCN=C(N)NC2CCCCCC2)c1. The first-order valence-corrected chi connectivity index (χ1v) is 10.6. The van der Waals surface area contributed by atoms with Crippen LogP contribution in [0.2, 0.25) is 0 Å². The fraction of sp³-hybridized carbons (Fsp3) is 0.588. The molecule has 8 heteroatoms. The van der Waals surface area contributed by atoms with E-state index < -0.39 is 10.0 Å². The summed E-state index contributed by atoms with van der Waals surface area (Å²) in [6.45, 7) is 0.810. The molecule has 0 bridgehead atoms. The Morgan fingerprint density at radius 3 is 2.68 bits per heavy atom. The van der Waals surface area contributed by atoms with E-state index in [-0.39, 0.29) is 0 Å². The Bertz CT molecular complexity index is 668. The highest BCUT2D eigenvalue weighted by molar-refractivity contribution is 7.92. The summed E-state index contributed by atoms with van der Waals surface area (Å²) in [7, 11) is -3.30. The zero-order chi connectivity index (χ0) is 18.1. The van der Waals surface area contributed by atoms with Crippen LogP contribution in [-0.4, -0.2) is 39.8 Å². The van der Waals surface area contributed by atoms with E-state index in [1.54, 1.807) is 24.3 Å². The van der Waals surface area contributed by atoms with Crippen LogP contribution in [0.3, 0.4) is 0 Å². The average Bonchev–Trinajstić information content (AvgIpc) is 2.79. The Morgan fingerprint density at radius 1 is 1.28 bits per heavy atom. The van der Waals surface area contributed by atoms with Crippen molar-refractivity contribution in [2.45, 2.75) is 44.6 Å². The van der Waals surface area contributed by atoms with Gasteiger partial charge in [0, 0.05) is 12.1 Å². The Kier molecular flexibility index (Phi) is 7.36. The molecule has 1 aromatic rings. The van der Waals surface area contributed by atoms with Gasteiger partial charge in [0.25, 0.3) is 0 Å². The lowest BCUT2D eigenvalue weighted by atomic mass is 10.1. The van der Waals surface area contributed by atoms with Gasteiger partial charge in [-0.15, -0.1) is 0 Å². The van der Waals surface area contributed by atoms with Gasteiger partial charge in [-0.3, -0.25) is 4.72 Å². The molecule has 1 aliphatic carbocycles. The molecule has 0 spiro atoms. The van der Waals surface area contributed by atoms with E-state index in [0.29, 0.717) is 36.6 Å². The molecule has 0 unspecified atom stereocenters. The van der Waals surface area contributed by atoms with Crippen LogP contribution < -0.4 is 20.5 Å². The van der Waals surface area contributed by atoms with Crippen LogP contribution in [0.5, 0.6) is 5.75 Å². The summed E-state index contributed by atoms with van der Waals surface area (Å²) < 4.78 is 30.5. The number of guanidine groups is 1. The maximum atomic E-state index is 11.2. The van der Waals surface area contributed by atoms with Gasteiger partial charge in [-0.2, -0.15) is 0 Å². The number of nitrogens with zero attached hydrogens (tertiary/aromatic N) is 1. The maximum Gasteiger partial charge on any atom is 0.229 e. The third-order valence-corrected chi connectivity index (χ3v) is 4.59. The molecule has 25 heavy (non-hydrogen) atoms. The highest BCUT2D eigenvalue weighted by atomic mass is 32.2. The van der Waals surface area contributed by atoms with Gasteiger partial charge < -0.3 is 15.8 Å². The first-order chi connectivity index (χ1) is 11.9. The number of rotatable bonds is 7. The third kappa shape index (κ3) is 8.11. The van der Waals surface area contributed by atoms with Crippen molar-refractivity contribution in [2.75, 3.05) is 24.1 Å². The monoisotopic (exact) mass is 368 g/mol. The molecule has 0 aliphatic heterocycles. The van der Waals surface area contributed by atoms with Gasteiger partial charge in [0.1, 0.15) is 12.4 Å². The lowest BCUT2D eigenvalue weighted by molar-refractivity contribution is 0.328. The smallest absolute Gasteiger partial charge is 0.229 e. The molecule has 1 aliphatic rings. The molecule has 4 N–H and O–H groups in total. The number of benzene rings is 1. The Morgan fingerprint density at radius 2 is 2.00 bits per heavy atom. The number of hydrogen-bond acceptors (Lipinski definition) is 4. The maximum absolute atomic E-state index is 11.2. The van der Waals surface area contributed by atoms with Crippen molar-refractivity contribution in [3.05, 3.63) is 24.3 Å². The highest BCUT2D eigenvalue weighted by Crippen LogP contribution is 2.18. The van der Waals surface area contributed by atoms with Gasteiger partial charge in [0.15, 0.2) is 5.96 Å². The van der Waals surface area contributed by atoms with Crippen LogP contribution in [0.1, 0.15) is 38.5 Å². The second-order valence-electron chi connectivity index (χ2n) is 6.35. The molecule has 1 fully saturated rings. The molecular weight excluding hydrogens is 340 g/mol. The number of anilines is 1. The molecule has 0 radical (unpaired) electrons. The Balaban J connectivity index is 1.75. The molecule has 0 atom stereocenters. The van der Waals surface area contributed by atoms with Gasteiger partial charge in [-0.25, -0.2) is 13.4 Å². The second-order valence-corrected chi connectivity index (χ2v) is 8.10. The molecule has 7 nitrogen and oxygen atoms in total. The van der Waals surface area contributed by atoms with Crippen molar-refractivity contribution in [1.29, 1.82) is 0 Å². The fourth-order valence-corrected chi connectivity index (χ4v) is 3.43. The van der Waals surface area contributed by atoms with Crippen molar-refractivity contribution >= 4 is 21.7 Å². The van der Waals surface area contributed by atoms with Crippen LogP contribution in [0.25, 0.3) is 0 Å². The standard InChI is InChI=1S/C17H28N4O3S/c1-25(22,23)21-15-9-6-10-16(13-15)24-12-11-19-17(18)20-14-7-4-2-3-5-8-14/h6,9-10,13-14,21H,2-5,7-8,11-12H2,1H3,(H3,18,19,20). The number of hydrogen-bond donors (Lipinski definition) is 3. The van der Waals surface area contributed by atoms with E-state index >= 15 is 0 Å². The van der Waals surface area contributed by atoms with Crippen molar-refractivity contribution in [3.8, 4) is 5.75 Å². The number of nitrogens with one attached hydrogen (secondary N) is 2. The number of aliphatic imine (C=N–C) groups is 1. The number of nitrogens with two attached hydrogens (primary N) is 1. The fourth-order valence-electron chi connectivity index (χ4n) is 2.87. The van der Waals surface area contributed by atoms with Crippen LogP contribution in [0.15, 0.2) is 29.3 Å². The molecule has 0 aromatic heterocycles. The molecular formula is C17H28N4O3S. The van der Waals surface area contributed by atoms with Crippen LogP contribution in [0.4, 0.5) is 5.69 Å². The summed E-state index contributed by atoms with van der Waals surface area (Å²) in [5, 5.41) is 3.29. The lowest BCUT2D eigenvalue weighted by Gasteiger charge is -2.16. The molecule has 1 saturated carbocycles. The third-order valence-electron chi connectivity index (χ3n) is 3.99. The predicted molar refractivity (Wildman–Crippen MR) is 102 cm³/mol. The predicted octanol–water partition coefficient (Wildman–Crippen LogP) is 2.06. The minimum absolute atomic E-state index is 0.370. The summed E-state index contributed by atoms with van der Waals surface area (Å²) in [6, 6.07) is 7.22. The number of sulfonamides is 1. The molecule has 1 aromatic carbocycles. The van der Waals surface area contributed by atoms with Gasteiger partial charge >= 0.3 is 0 Å². The second kappa shape index (κ2) is 9.50. The van der Waals surface area contributed by atoms with Gasteiger partial charge in [-0.1, -0.05) is 31.7 Å². The zero-order valence-electron chi connectivity index (χ0n) is 14.7. The van der Waals surface area contributed by atoms with Crippen molar-refractivity contribution in [1.82, 2.24) is 5.32 Å². The van der Waals surface area contributed by atoms with Crippen LogP contribution in [0, 0.1) is 0 Å². The van der Waals surface area contributed by atoms with E-state index in [2.05, 4.69) is 15.0 Å². The quantitative estimate of drug-likeness (QED) is 0.296. The highest BCUT2D eigenvalue weighted by Gasteiger charge is 2.12. The topological polar surface area (TPSA) is 106 Å². The number of ether oxygens (including phenoxy) is 1. The Hall–Kier alpha value is -1.96. The molecule has 0 saturated heterocycles. The van der Waals surface area contributed by atoms with Gasteiger partial charge in [0.2, 0.25) is 10.0 Å². The molecule has 0 amide bonds. The molecule has 2 rings (SSSR count). The van der Waals surface area contributed by atoms with Gasteiger partial charge in [0.05, 0.1) is 18.5 Å². The normalized spacial score (nSPS) is 16.9. The van der Waals surface area contributed by atoms with Crippen molar-refractivity contribution in [2.24, 2.45) is 10.7 Å². The summed E-state index contributed by atoms with van der Waals surface area (Å²) >= 11 is 0. The summed E-state index contributed by atoms with van der Waals surface area (Å²) in [6.07, 6.45) is 8.49. The van der Waals surface area contributed by atoms with Crippen molar-refractivity contribution < 1.29 is 13.2 Å². The van der Waals surface area contributed by atoms with E-state index in [1.165, 1.54) is 25.7 Å². The first-order valence-electron chi connectivity index (χ1n) is 8.69. The Labute approximate surface area is 150 Å². The molecule has 140 valence electrons. The first kappa shape index (κ1) is 19.4. The van der Waals surface area contributed by atoms with E-state index in [4.69, 9.17) is 10.5 Å². The van der Waals surface area contributed by atoms with Gasteiger partial charge in [-0.05, 0) is 25.0 Å². The van der Waals surface area contributed by atoms with Crippen molar-refractivity contribution in [3.63, 3.8) is 0 Å². The molecule has 0 heterocycles. The van der Waals surface area contributed by atoms with E-state index in [1.807, 2.05) is 0 Å². The largest absolute Gasteiger partial charge is 0.492 e. The summed E-state index contributed by atoms with van der Waals surface area (Å²) in [4.78, 5) is 4.29. The zero-order valence-corrected chi connectivity index (χ0v) is 15.5. The minimum atomic E-state index is -3.30. The average molecular weight is 369 g/mol.